The number of likely N-dealkylation sites (tertiary alicyclic amines) is 1. The first kappa shape index (κ1) is 17.5. The van der Waals surface area contributed by atoms with Crippen molar-refractivity contribution in [2.24, 2.45) is 10.4 Å². The first-order chi connectivity index (χ1) is 10.1. The van der Waals surface area contributed by atoms with Gasteiger partial charge in [0.25, 0.3) is 0 Å². The SMILES string of the molecule is CN=C(NCC(C)(C)N1CCOCC1)N1CC(C)(C)C1(C)C. The Morgan fingerprint density at radius 1 is 1.18 bits per heavy atom. The molecule has 0 bridgehead atoms. The van der Waals surface area contributed by atoms with E-state index in [1.54, 1.807) is 0 Å². The van der Waals surface area contributed by atoms with Crippen molar-refractivity contribution in [1.29, 1.82) is 0 Å². The fourth-order valence-corrected chi connectivity index (χ4v) is 3.27. The maximum atomic E-state index is 5.46. The number of morpholine rings is 1. The third-order valence-electron chi connectivity index (χ3n) is 5.90. The zero-order valence-corrected chi connectivity index (χ0v) is 15.5. The van der Waals surface area contributed by atoms with E-state index in [4.69, 9.17) is 4.74 Å². The number of hydrogen-bond donors (Lipinski definition) is 1. The minimum absolute atomic E-state index is 0.101. The maximum absolute atomic E-state index is 5.46. The Balaban J connectivity index is 1.95. The van der Waals surface area contributed by atoms with Crippen LogP contribution in [0.3, 0.4) is 0 Å². The van der Waals surface area contributed by atoms with Gasteiger partial charge in [-0.25, -0.2) is 0 Å². The van der Waals surface area contributed by atoms with Crippen LogP contribution in [0.5, 0.6) is 0 Å². The molecule has 0 aromatic carbocycles. The number of hydrogen-bond acceptors (Lipinski definition) is 3. The lowest BCUT2D eigenvalue weighted by atomic mass is 9.65. The van der Waals surface area contributed by atoms with Crippen LogP contribution in [0.15, 0.2) is 4.99 Å². The van der Waals surface area contributed by atoms with Crippen molar-refractivity contribution in [3.05, 3.63) is 0 Å². The normalized spacial score (nSPS) is 25.8. The molecule has 5 nitrogen and oxygen atoms in total. The van der Waals surface area contributed by atoms with Crippen molar-refractivity contribution in [1.82, 2.24) is 15.1 Å². The molecule has 5 heteroatoms. The third kappa shape index (κ3) is 3.11. The topological polar surface area (TPSA) is 40.1 Å². The van der Waals surface area contributed by atoms with Gasteiger partial charge in [-0.2, -0.15) is 0 Å². The summed E-state index contributed by atoms with van der Waals surface area (Å²) in [6, 6.07) is 0. The minimum atomic E-state index is 0.101. The summed E-state index contributed by atoms with van der Waals surface area (Å²) in [5, 5.41) is 3.60. The molecule has 128 valence electrons. The number of rotatable bonds is 3. The van der Waals surface area contributed by atoms with Crippen LogP contribution >= 0.6 is 0 Å². The number of nitrogens with one attached hydrogen (secondary N) is 1. The lowest BCUT2D eigenvalue weighted by Crippen LogP contribution is -2.73. The van der Waals surface area contributed by atoms with Crippen molar-refractivity contribution in [2.75, 3.05) is 46.4 Å². The van der Waals surface area contributed by atoms with Crippen molar-refractivity contribution >= 4 is 5.96 Å². The average Bonchev–Trinajstić information content (AvgIpc) is 2.47. The fraction of sp³-hybridized carbons (Fsp3) is 0.941. The Kier molecular flexibility index (Phi) is 4.79. The van der Waals surface area contributed by atoms with Crippen LogP contribution in [0.2, 0.25) is 0 Å². The van der Waals surface area contributed by atoms with E-state index in [0.717, 1.165) is 45.4 Å². The molecule has 2 fully saturated rings. The molecule has 0 saturated carbocycles. The summed E-state index contributed by atoms with van der Waals surface area (Å²) in [6.07, 6.45) is 0. The quantitative estimate of drug-likeness (QED) is 0.637. The largest absolute Gasteiger partial charge is 0.379 e. The van der Waals surface area contributed by atoms with E-state index >= 15 is 0 Å². The van der Waals surface area contributed by atoms with Crippen LogP contribution in [0.25, 0.3) is 0 Å². The molecular formula is C17H34N4O. The Hall–Kier alpha value is -0.810. The molecule has 0 radical (unpaired) electrons. The number of ether oxygens (including phenoxy) is 1. The van der Waals surface area contributed by atoms with Gasteiger partial charge in [-0.3, -0.25) is 9.89 Å². The summed E-state index contributed by atoms with van der Waals surface area (Å²) < 4.78 is 5.46. The molecule has 0 aromatic heterocycles. The molecule has 2 saturated heterocycles. The van der Waals surface area contributed by atoms with Gasteiger partial charge in [0.2, 0.25) is 0 Å². The zero-order chi connectivity index (χ0) is 16.6. The van der Waals surface area contributed by atoms with Gasteiger partial charge in [0, 0.05) is 49.7 Å². The molecule has 2 rings (SSSR count). The fourth-order valence-electron chi connectivity index (χ4n) is 3.27. The number of aliphatic imine (C=N–C) groups is 1. The summed E-state index contributed by atoms with van der Waals surface area (Å²) in [5.74, 6) is 1.02. The van der Waals surface area contributed by atoms with E-state index < -0.39 is 0 Å². The molecule has 0 spiro atoms. The molecule has 2 aliphatic heterocycles. The predicted molar refractivity (Wildman–Crippen MR) is 92.4 cm³/mol. The van der Waals surface area contributed by atoms with E-state index in [2.05, 4.69) is 61.7 Å². The molecule has 1 N–H and O–H groups in total. The highest BCUT2D eigenvalue weighted by molar-refractivity contribution is 5.82. The minimum Gasteiger partial charge on any atom is -0.379 e. The molecule has 0 aliphatic carbocycles. The van der Waals surface area contributed by atoms with Gasteiger partial charge in [0.15, 0.2) is 5.96 Å². The summed E-state index contributed by atoms with van der Waals surface area (Å²) in [6.45, 7) is 19.5. The first-order valence-electron chi connectivity index (χ1n) is 8.43. The molecular weight excluding hydrogens is 276 g/mol. The van der Waals surface area contributed by atoms with Crippen molar-refractivity contribution in [3.63, 3.8) is 0 Å². The molecule has 22 heavy (non-hydrogen) atoms. The van der Waals surface area contributed by atoms with Gasteiger partial charge < -0.3 is 15.0 Å². The zero-order valence-electron chi connectivity index (χ0n) is 15.5. The molecule has 0 atom stereocenters. The average molecular weight is 310 g/mol. The van der Waals surface area contributed by atoms with Gasteiger partial charge in [-0.15, -0.1) is 0 Å². The monoisotopic (exact) mass is 310 g/mol. The lowest BCUT2D eigenvalue weighted by molar-refractivity contribution is -0.0675. The maximum Gasteiger partial charge on any atom is 0.194 e. The summed E-state index contributed by atoms with van der Waals surface area (Å²) in [5.41, 5.74) is 0.562. The second-order valence-electron chi connectivity index (χ2n) is 8.34. The van der Waals surface area contributed by atoms with Gasteiger partial charge in [-0.05, 0) is 27.7 Å². The van der Waals surface area contributed by atoms with Crippen LogP contribution in [0, 0.1) is 5.41 Å². The Bertz CT molecular complexity index is 422. The smallest absolute Gasteiger partial charge is 0.194 e. The number of guanidine groups is 1. The van der Waals surface area contributed by atoms with Crippen molar-refractivity contribution < 1.29 is 4.74 Å². The van der Waals surface area contributed by atoms with Crippen LogP contribution in [0.4, 0.5) is 0 Å². The highest BCUT2D eigenvalue weighted by Crippen LogP contribution is 2.46. The molecule has 2 heterocycles. The Labute approximate surface area is 136 Å². The molecule has 0 unspecified atom stereocenters. The summed E-state index contributed by atoms with van der Waals surface area (Å²) in [7, 11) is 1.88. The molecule has 0 aromatic rings. The first-order valence-corrected chi connectivity index (χ1v) is 8.43. The molecule has 0 amide bonds. The van der Waals surface area contributed by atoms with E-state index in [-0.39, 0.29) is 11.1 Å². The third-order valence-corrected chi connectivity index (χ3v) is 5.90. The van der Waals surface area contributed by atoms with Gasteiger partial charge in [-0.1, -0.05) is 13.8 Å². The lowest BCUT2D eigenvalue weighted by Gasteiger charge is -2.62. The van der Waals surface area contributed by atoms with Crippen molar-refractivity contribution in [2.45, 2.75) is 52.6 Å². The second-order valence-corrected chi connectivity index (χ2v) is 8.34. The summed E-state index contributed by atoms with van der Waals surface area (Å²) >= 11 is 0. The molecule has 2 aliphatic rings. The van der Waals surface area contributed by atoms with Crippen molar-refractivity contribution in [3.8, 4) is 0 Å². The Morgan fingerprint density at radius 3 is 2.23 bits per heavy atom. The van der Waals surface area contributed by atoms with Crippen LogP contribution in [-0.4, -0.2) is 73.3 Å². The van der Waals surface area contributed by atoms with Gasteiger partial charge in [0.1, 0.15) is 0 Å². The van der Waals surface area contributed by atoms with E-state index in [1.165, 1.54) is 0 Å². The van der Waals surface area contributed by atoms with Crippen LogP contribution in [0.1, 0.15) is 41.5 Å². The van der Waals surface area contributed by atoms with Gasteiger partial charge >= 0.3 is 0 Å². The van der Waals surface area contributed by atoms with Crippen LogP contribution in [-0.2, 0) is 4.74 Å². The second kappa shape index (κ2) is 6.00. The van der Waals surface area contributed by atoms with Crippen LogP contribution < -0.4 is 5.32 Å². The number of nitrogens with zero attached hydrogens (tertiary/aromatic N) is 3. The predicted octanol–water partition coefficient (Wildman–Crippen LogP) is 1.79. The van der Waals surface area contributed by atoms with E-state index in [9.17, 15) is 0 Å². The van der Waals surface area contributed by atoms with E-state index in [0.29, 0.717) is 5.41 Å². The summed E-state index contributed by atoms with van der Waals surface area (Å²) in [4.78, 5) is 9.40. The standard InChI is InChI=1S/C17H34N4O/c1-15(2)13-21(17(15,5)6)14(18-7)19-12-16(3,4)20-8-10-22-11-9-20/h8-13H2,1-7H3,(H,18,19). The highest BCUT2D eigenvalue weighted by atomic mass is 16.5. The highest BCUT2D eigenvalue weighted by Gasteiger charge is 2.53. The Morgan fingerprint density at radius 2 is 1.77 bits per heavy atom. The van der Waals surface area contributed by atoms with E-state index in [1.807, 2.05) is 7.05 Å². The van der Waals surface area contributed by atoms with Gasteiger partial charge in [0.05, 0.1) is 13.2 Å².